The second-order valence-corrected chi connectivity index (χ2v) is 8.55. The number of carbonyl (C=O) groups excluding carboxylic acids is 2. The van der Waals surface area contributed by atoms with E-state index in [1.165, 1.54) is 4.90 Å². The van der Waals surface area contributed by atoms with Gasteiger partial charge in [-0.25, -0.2) is 0 Å². The molecule has 2 aromatic carbocycles. The van der Waals surface area contributed by atoms with Crippen molar-refractivity contribution in [2.75, 3.05) is 13.7 Å². The van der Waals surface area contributed by atoms with Crippen molar-refractivity contribution in [2.45, 2.75) is 13.5 Å². The summed E-state index contributed by atoms with van der Waals surface area (Å²) in [5.74, 6) is 0.893. The molecule has 1 saturated heterocycles. The van der Waals surface area contributed by atoms with E-state index in [0.29, 0.717) is 23.0 Å². The third kappa shape index (κ3) is 5.02. The maximum Gasteiger partial charge on any atom is 0.293 e. The molecule has 5 nitrogen and oxygen atoms in total. The van der Waals surface area contributed by atoms with Crippen molar-refractivity contribution in [3.63, 3.8) is 0 Å². The van der Waals surface area contributed by atoms with Gasteiger partial charge in [0.05, 0.1) is 22.1 Å². The van der Waals surface area contributed by atoms with Gasteiger partial charge in [-0.3, -0.25) is 14.5 Å². The maximum atomic E-state index is 12.8. The van der Waals surface area contributed by atoms with Crippen molar-refractivity contribution in [1.29, 1.82) is 0 Å². The molecule has 0 unspecified atom stereocenters. The molecule has 3 rings (SSSR count). The molecular weight excluding hydrogens is 501 g/mol. The summed E-state index contributed by atoms with van der Waals surface area (Å²) in [5.41, 5.74) is 2.78. The summed E-state index contributed by atoms with van der Waals surface area (Å²) in [6, 6.07) is 11.5. The number of imide groups is 1. The average molecular weight is 521 g/mol. The lowest BCUT2D eigenvalue weighted by Gasteiger charge is -2.13. The summed E-state index contributed by atoms with van der Waals surface area (Å²) in [7, 11) is 1.56. The van der Waals surface area contributed by atoms with Crippen LogP contribution in [0.15, 0.2) is 54.0 Å². The third-order valence-electron chi connectivity index (χ3n) is 4.19. The number of carbonyl (C=O) groups is 2. The van der Waals surface area contributed by atoms with E-state index in [0.717, 1.165) is 32.0 Å². The number of benzene rings is 2. The number of ether oxygens (including phenoxy) is 2. The van der Waals surface area contributed by atoms with Gasteiger partial charge in [-0.15, -0.1) is 0 Å². The van der Waals surface area contributed by atoms with Crippen LogP contribution in [0.1, 0.15) is 16.7 Å². The molecule has 2 amide bonds. The quantitative estimate of drug-likeness (QED) is 0.277. The number of aryl methyl sites for hydroxylation is 1. The first kappa shape index (κ1) is 21.4. The highest BCUT2D eigenvalue weighted by atomic mass is 127. The molecule has 1 heterocycles. The molecule has 2 aromatic rings. The lowest BCUT2D eigenvalue weighted by molar-refractivity contribution is -0.123. The topological polar surface area (TPSA) is 55.8 Å². The first-order valence-electron chi connectivity index (χ1n) is 8.85. The SMILES string of the molecule is C=CCOc1c(I)cc(/C=C2\SC(=O)N(Cc3cccc(C)c3)C2=O)cc1OC. The van der Waals surface area contributed by atoms with Crippen molar-refractivity contribution in [1.82, 2.24) is 4.90 Å². The summed E-state index contributed by atoms with van der Waals surface area (Å²) >= 11 is 3.10. The molecule has 29 heavy (non-hydrogen) atoms. The third-order valence-corrected chi connectivity index (χ3v) is 5.90. The lowest BCUT2D eigenvalue weighted by atomic mass is 10.1. The Balaban J connectivity index is 1.85. The highest BCUT2D eigenvalue weighted by molar-refractivity contribution is 14.1. The normalized spacial score (nSPS) is 15.1. The zero-order chi connectivity index (χ0) is 21.0. The van der Waals surface area contributed by atoms with Crippen LogP contribution in [0.5, 0.6) is 11.5 Å². The van der Waals surface area contributed by atoms with E-state index in [1.807, 2.05) is 37.3 Å². The van der Waals surface area contributed by atoms with Crippen molar-refractivity contribution < 1.29 is 19.1 Å². The number of thioether (sulfide) groups is 1. The highest BCUT2D eigenvalue weighted by Crippen LogP contribution is 2.37. The Morgan fingerprint density at radius 3 is 2.72 bits per heavy atom. The fourth-order valence-electron chi connectivity index (χ4n) is 2.89. The molecule has 1 aliphatic heterocycles. The van der Waals surface area contributed by atoms with Gasteiger partial charge in [-0.05, 0) is 70.6 Å². The van der Waals surface area contributed by atoms with Gasteiger partial charge in [0.1, 0.15) is 6.61 Å². The molecule has 0 atom stereocenters. The van der Waals surface area contributed by atoms with Crippen LogP contribution >= 0.6 is 34.4 Å². The van der Waals surface area contributed by atoms with Gasteiger partial charge in [-0.1, -0.05) is 42.5 Å². The van der Waals surface area contributed by atoms with E-state index in [4.69, 9.17) is 9.47 Å². The zero-order valence-corrected chi connectivity index (χ0v) is 19.1. The second-order valence-electron chi connectivity index (χ2n) is 6.39. The number of hydrogen-bond donors (Lipinski definition) is 0. The minimum atomic E-state index is -0.289. The van der Waals surface area contributed by atoms with Crippen LogP contribution in [0, 0.1) is 10.5 Å². The van der Waals surface area contributed by atoms with Crippen LogP contribution in [0.2, 0.25) is 0 Å². The van der Waals surface area contributed by atoms with E-state index in [-0.39, 0.29) is 17.7 Å². The number of methoxy groups -OCH3 is 1. The Morgan fingerprint density at radius 2 is 2.03 bits per heavy atom. The van der Waals surface area contributed by atoms with Crippen molar-refractivity contribution >= 4 is 51.6 Å². The Kier molecular flexibility index (Phi) is 7.02. The van der Waals surface area contributed by atoms with E-state index < -0.39 is 0 Å². The van der Waals surface area contributed by atoms with E-state index >= 15 is 0 Å². The molecule has 0 N–H and O–H groups in total. The van der Waals surface area contributed by atoms with Gasteiger partial charge in [0.15, 0.2) is 11.5 Å². The van der Waals surface area contributed by atoms with Crippen LogP contribution in [-0.4, -0.2) is 29.8 Å². The maximum absolute atomic E-state index is 12.8. The van der Waals surface area contributed by atoms with Crippen LogP contribution in [-0.2, 0) is 11.3 Å². The zero-order valence-electron chi connectivity index (χ0n) is 16.1. The van der Waals surface area contributed by atoms with Gasteiger partial charge < -0.3 is 9.47 Å². The average Bonchev–Trinajstić information content (AvgIpc) is 2.94. The second kappa shape index (κ2) is 9.49. The van der Waals surface area contributed by atoms with Crippen LogP contribution in [0.3, 0.4) is 0 Å². The molecule has 0 saturated carbocycles. The predicted octanol–water partition coefficient (Wildman–Crippen LogP) is 5.41. The summed E-state index contributed by atoms with van der Waals surface area (Å²) in [4.78, 5) is 26.9. The van der Waals surface area contributed by atoms with Gasteiger partial charge in [0.2, 0.25) is 0 Å². The number of hydrogen-bond acceptors (Lipinski definition) is 5. The van der Waals surface area contributed by atoms with Crippen LogP contribution in [0.4, 0.5) is 4.79 Å². The minimum absolute atomic E-state index is 0.263. The van der Waals surface area contributed by atoms with E-state index in [9.17, 15) is 9.59 Å². The van der Waals surface area contributed by atoms with Crippen LogP contribution in [0.25, 0.3) is 6.08 Å². The molecule has 0 aliphatic carbocycles. The van der Waals surface area contributed by atoms with Gasteiger partial charge in [0, 0.05) is 0 Å². The minimum Gasteiger partial charge on any atom is -0.493 e. The smallest absolute Gasteiger partial charge is 0.293 e. The number of amides is 2. The summed E-state index contributed by atoms with van der Waals surface area (Å²) in [6.07, 6.45) is 3.37. The predicted molar refractivity (Wildman–Crippen MR) is 124 cm³/mol. The molecule has 1 fully saturated rings. The Labute approximate surface area is 187 Å². The standard InChI is InChI=1S/C22H20INO4S/c1-4-8-28-20-17(23)10-16(11-18(20)27-3)12-19-21(25)24(22(26)29-19)13-15-7-5-6-14(2)9-15/h4-7,9-12H,1,8,13H2,2-3H3/b19-12-. The number of nitrogens with zero attached hydrogens (tertiary/aromatic N) is 1. The monoisotopic (exact) mass is 521 g/mol. The van der Waals surface area contributed by atoms with E-state index in [2.05, 4.69) is 29.2 Å². The fourth-order valence-corrected chi connectivity index (χ4v) is 4.51. The molecule has 1 aliphatic rings. The fraction of sp³-hybridized carbons (Fsp3) is 0.182. The number of rotatable bonds is 7. The molecule has 0 radical (unpaired) electrons. The van der Waals surface area contributed by atoms with Gasteiger partial charge in [0.25, 0.3) is 11.1 Å². The molecule has 0 bridgehead atoms. The first-order valence-corrected chi connectivity index (χ1v) is 10.7. The Bertz CT molecular complexity index is 1000. The highest BCUT2D eigenvalue weighted by Gasteiger charge is 2.35. The largest absolute Gasteiger partial charge is 0.493 e. The molecule has 150 valence electrons. The van der Waals surface area contributed by atoms with Crippen molar-refractivity contribution in [3.8, 4) is 11.5 Å². The van der Waals surface area contributed by atoms with Gasteiger partial charge >= 0.3 is 0 Å². The summed E-state index contributed by atoms with van der Waals surface area (Å²) in [5, 5.41) is -0.268. The van der Waals surface area contributed by atoms with Crippen molar-refractivity contribution in [3.05, 3.63) is 74.2 Å². The molecular formula is C22H20INO4S. The van der Waals surface area contributed by atoms with Gasteiger partial charge in [-0.2, -0.15) is 0 Å². The number of halogens is 1. The Morgan fingerprint density at radius 1 is 1.24 bits per heavy atom. The first-order chi connectivity index (χ1) is 13.9. The molecule has 7 heteroatoms. The summed E-state index contributed by atoms with van der Waals surface area (Å²) in [6.45, 7) is 6.26. The lowest BCUT2D eigenvalue weighted by Crippen LogP contribution is -2.27. The van der Waals surface area contributed by atoms with Crippen molar-refractivity contribution in [2.24, 2.45) is 0 Å². The molecule has 0 aromatic heterocycles. The van der Waals surface area contributed by atoms with E-state index in [1.54, 1.807) is 25.3 Å². The van der Waals surface area contributed by atoms with Crippen LogP contribution < -0.4 is 9.47 Å². The summed E-state index contributed by atoms with van der Waals surface area (Å²) < 4.78 is 11.9. The Hall–Kier alpha value is -2.26. The molecule has 0 spiro atoms.